The van der Waals surface area contributed by atoms with Crippen LogP contribution in [0.3, 0.4) is 0 Å². The van der Waals surface area contributed by atoms with Crippen LogP contribution in [0.4, 0.5) is 0 Å². The molecule has 0 aromatic carbocycles. The third kappa shape index (κ3) is 6.12. The molecule has 1 rings (SSSR count). The van der Waals surface area contributed by atoms with Gasteiger partial charge in [0.15, 0.2) is 0 Å². The number of thioether (sulfide) groups is 1. The molecule has 0 aromatic heterocycles. The Balaban J connectivity index is 2.08. The van der Waals surface area contributed by atoms with Crippen LogP contribution in [0.5, 0.6) is 0 Å². The van der Waals surface area contributed by atoms with Gasteiger partial charge >= 0.3 is 0 Å². The van der Waals surface area contributed by atoms with Gasteiger partial charge in [0, 0.05) is 17.0 Å². The molecule has 1 aliphatic heterocycles. The average molecular weight is 244 g/mol. The monoisotopic (exact) mass is 244 g/mol. The van der Waals surface area contributed by atoms with Gasteiger partial charge in [0.1, 0.15) is 0 Å². The first kappa shape index (κ1) is 14.3. The van der Waals surface area contributed by atoms with Crippen molar-refractivity contribution in [2.24, 2.45) is 0 Å². The van der Waals surface area contributed by atoms with Gasteiger partial charge in [-0.1, -0.05) is 20.8 Å². The molecular formula is C13H28N2S. The molecule has 2 nitrogen and oxygen atoms in total. The van der Waals surface area contributed by atoms with Crippen molar-refractivity contribution in [1.29, 1.82) is 0 Å². The lowest BCUT2D eigenvalue weighted by Gasteiger charge is -2.22. The van der Waals surface area contributed by atoms with Crippen LogP contribution in [0.1, 0.15) is 40.0 Å². The molecule has 0 aliphatic carbocycles. The highest BCUT2D eigenvalue weighted by Gasteiger charge is 2.22. The Bertz CT molecular complexity index is 183. The van der Waals surface area contributed by atoms with E-state index in [1.807, 2.05) is 0 Å². The third-order valence-electron chi connectivity index (χ3n) is 3.26. The zero-order chi connectivity index (χ0) is 11.9. The molecule has 1 heterocycles. The van der Waals surface area contributed by atoms with E-state index in [2.05, 4.69) is 42.7 Å². The topological polar surface area (TPSA) is 15.3 Å². The molecule has 96 valence electrons. The quantitative estimate of drug-likeness (QED) is 0.723. The molecule has 0 radical (unpaired) electrons. The maximum absolute atomic E-state index is 3.39. The van der Waals surface area contributed by atoms with E-state index in [0.717, 1.165) is 6.54 Å². The Morgan fingerprint density at radius 3 is 2.81 bits per heavy atom. The Hall–Kier alpha value is 0.270. The maximum atomic E-state index is 3.39. The number of hydrogen-bond donors (Lipinski definition) is 1. The normalized spacial score (nSPS) is 21.9. The van der Waals surface area contributed by atoms with Crippen molar-refractivity contribution in [2.75, 3.05) is 38.5 Å². The molecule has 16 heavy (non-hydrogen) atoms. The van der Waals surface area contributed by atoms with Crippen LogP contribution in [-0.4, -0.2) is 48.1 Å². The van der Waals surface area contributed by atoms with Crippen LogP contribution < -0.4 is 5.32 Å². The van der Waals surface area contributed by atoms with Crippen molar-refractivity contribution < 1.29 is 0 Å². The number of nitrogens with one attached hydrogen (secondary N) is 1. The molecular weight excluding hydrogens is 216 g/mol. The van der Waals surface area contributed by atoms with Crippen LogP contribution in [0.15, 0.2) is 0 Å². The van der Waals surface area contributed by atoms with Gasteiger partial charge in [-0.25, -0.2) is 0 Å². The van der Waals surface area contributed by atoms with Crippen molar-refractivity contribution in [2.45, 2.75) is 44.8 Å². The minimum Gasteiger partial charge on any atom is -0.317 e. The van der Waals surface area contributed by atoms with Crippen molar-refractivity contribution in [3.63, 3.8) is 0 Å². The third-order valence-corrected chi connectivity index (χ3v) is 4.63. The second kappa shape index (κ2) is 7.57. The molecule has 0 spiro atoms. The summed E-state index contributed by atoms with van der Waals surface area (Å²) in [4.78, 5) is 2.65. The van der Waals surface area contributed by atoms with E-state index in [1.54, 1.807) is 0 Å². The first-order valence-electron chi connectivity index (χ1n) is 6.71. The summed E-state index contributed by atoms with van der Waals surface area (Å²) < 4.78 is 0.499. The highest BCUT2D eigenvalue weighted by molar-refractivity contribution is 8.00. The molecule has 1 fully saturated rings. The molecule has 1 saturated heterocycles. The predicted octanol–water partition coefficient (Wildman–Crippen LogP) is 2.59. The van der Waals surface area contributed by atoms with Crippen molar-refractivity contribution in [3.05, 3.63) is 0 Å². The van der Waals surface area contributed by atoms with Gasteiger partial charge in [-0.3, -0.25) is 0 Å². The average Bonchev–Trinajstić information content (AvgIpc) is 2.40. The van der Waals surface area contributed by atoms with Gasteiger partial charge in [0.05, 0.1) is 0 Å². The van der Waals surface area contributed by atoms with E-state index >= 15 is 0 Å². The SMILES string of the molecule is CCNCCCCN1CCSC(C)(C)CC1. The van der Waals surface area contributed by atoms with E-state index in [9.17, 15) is 0 Å². The van der Waals surface area contributed by atoms with E-state index in [1.165, 1.54) is 51.2 Å². The van der Waals surface area contributed by atoms with Gasteiger partial charge in [-0.05, 0) is 45.4 Å². The van der Waals surface area contributed by atoms with E-state index in [-0.39, 0.29) is 0 Å². The molecule has 0 amide bonds. The Labute approximate surface area is 106 Å². The molecule has 0 saturated carbocycles. The van der Waals surface area contributed by atoms with E-state index in [4.69, 9.17) is 0 Å². The standard InChI is InChI=1S/C13H28N2S/c1-4-14-8-5-6-9-15-10-7-13(2,3)16-12-11-15/h14H,4-12H2,1-3H3. The number of hydrogen-bond acceptors (Lipinski definition) is 3. The highest BCUT2D eigenvalue weighted by atomic mass is 32.2. The van der Waals surface area contributed by atoms with Gasteiger partial charge in [0.2, 0.25) is 0 Å². The molecule has 3 heteroatoms. The largest absolute Gasteiger partial charge is 0.317 e. The first-order valence-corrected chi connectivity index (χ1v) is 7.69. The lowest BCUT2D eigenvalue weighted by molar-refractivity contribution is 0.278. The zero-order valence-electron chi connectivity index (χ0n) is 11.2. The zero-order valence-corrected chi connectivity index (χ0v) is 12.0. The summed E-state index contributed by atoms with van der Waals surface area (Å²) >= 11 is 2.14. The van der Waals surface area contributed by atoms with Crippen molar-refractivity contribution in [3.8, 4) is 0 Å². The molecule has 0 atom stereocenters. The summed E-state index contributed by atoms with van der Waals surface area (Å²) in [5.41, 5.74) is 0. The predicted molar refractivity (Wildman–Crippen MR) is 75.4 cm³/mol. The summed E-state index contributed by atoms with van der Waals surface area (Å²) in [6.45, 7) is 13.1. The minimum atomic E-state index is 0.499. The van der Waals surface area contributed by atoms with Crippen LogP contribution in [0, 0.1) is 0 Å². The fourth-order valence-corrected chi connectivity index (χ4v) is 3.19. The lowest BCUT2D eigenvalue weighted by atomic mass is 10.1. The Morgan fingerprint density at radius 1 is 1.25 bits per heavy atom. The van der Waals surface area contributed by atoms with E-state index < -0.39 is 0 Å². The maximum Gasteiger partial charge on any atom is 0.0116 e. The van der Waals surface area contributed by atoms with Crippen molar-refractivity contribution in [1.82, 2.24) is 10.2 Å². The summed E-state index contributed by atoms with van der Waals surface area (Å²) in [6.07, 6.45) is 4.00. The van der Waals surface area contributed by atoms with Gasteiger partial charge in [-0.2, -0.15) is 11.8 Å². The minimum absolute atomic E-state index is 0.499. The lowest BCUT2D eigenvalue weighted by Crippen LogP contribution is -2.28. The second-order valence-electron chi connectivity index (χ2n) is 5.26. The molecule has 0 bridgehead atoms. The number of nitrogens with zero attached hydrogens (tertiary/aromatic N) is 1. The number of rotatable bonds is 6. The van der Waals surface area contributed by atoms with Crippen LogP contribution in [0.2, 0.25) is 0 Å². The molecule has 1 N–H and O–H groups in total. The summed E-state index contributed by atoms with van der Waals surface area (Å²) in [5.74, 6) is 1.31. The van der Waals surface area contributed by atoms with E-state index in [0.29, 0.717) is 4.75 Å². The summed E-state index contributed by atoms with van der Waals surface area (Å²) in [7, 11) is 0. The highest BCUT2D eigenvalue weighted by Crippen LogP contribution is 2.30. The fourth-order valence-electron chi connectivity index (χ4n) is 2.05. The van der Waals surface area contributed by atoms with Crippen LogP contribution in [0.25, 0.3) is 0 Å². The second-order valence-corrected chi connectivity index (χ2v) is 7.06. The summed E-state index contributed by atoms with van der Waals surface area (Å²) in [6, 6.07) is 0. The Morgan fingerprint density at radius 2 is 2.06 bits per heavy atom. The fraction of sp³-hybridized carbons (Fsp3) is 1.00. The Kier molecular flexibility index (Phi) is 6.78. The van der Waals surface area contributed by atoms with Gasteiger partial charge < -0.3 is 10.2 Å². The smallest absolute Gasteiger partial charge is 0.0116 e. The van der Waals surface area contributed by atoms with Crippen molar-refractivity contribution >= 4 is 11.8 Å². The number of unbranched alkanes of at least 4 members (excludes halogenated alkanes) is 1. The van der Waals surface area contributed by atoms with Gasteiger partial charge in [0.25, 0.3) is 0 Å². The van der Waals surface area contributed by atoms with Crippen LogP contribution >= 0.6 is 11.8 Å². The molecule has 0 unspecified atom stereocenters. The molecule has 1 aliphatic rings. The van der Waals surface area contributed by atoms with Crippen LogP contribution in [-0.2, 0) is 0 Å². The van der Waals surface area contributed by atoms with Gasteiger partial charge in [-0.15, -0.1) is 0 Å². The first-order chi connectivity index (χ1) is 7.64. The summed E-state index contributed by atoms with van der Waals surface area (Å²) in [5, 5.41) is 3.39. The molecule has 0 aromatic rings.